The summed E-state index contributed by atoms with van der Waals surface area (Å²) in [5.41, 5.74) is 7.19. The lowest BCUT2D eigenvalue weighted by atomic mass is 10.1. The Morgan fingerprint density at radius 2 is 0.574 bits per heavy atom. The summed E-state index contributed by atoms with van der Waals surface area (Å²) in [5, 5.41) is 2.91. The van der Waals surface area contributed by atoms with Crippen molar-refractivity contribution in [3.8, 4) is 85.1 Å². The Hall–Kier alpha value is -6.68. The molecular weight excluding hydrogens is 1950 g/mol. The number of hydrogen-bond donors (Lipinski definition) is 1. The van der Waals surface area contributed by atoms with E-state index in [0.29, 0.717) is 115 Å². The SMILES string of the molecule is CCCCCCCCCCOc1ccc(-c2ccc(OCCOCCCCCOc3c(OCCOCCOCCOc4ccc(-c5ccc(OCCCCCCCCCC)cc5)cc4)cc(COC(=O)NCC[SiH2]O[Si]45O[SiH](C)O[Si](C)(C)O[Si](C)(O[Si]6(C)O[Si](C)(C)O[SiH](C)O[Si](C)(O6)O4)O5)cc3OCCOCCOCCOc3ccc(-c4ccc(OCCCCCCCCCC)cc4)cc3)cc2)cc1. The third-order valence-electron chi connectivity index (χ3n) is 23.4. The minimum absolute atomic E-state index is 0.136. The van der Waals surface area contributed by atoms with E-state index in [-0.39, 0.29) is 39.6 Å². The number of hydrogen-bond acceptors (Lipinski definition) is 27. The fourth-order valence-electron chi connectivity index (χ4n) is 16.7. The number of rotatable bonds is 73. The van der Waals surface area contributed by atoms with E-state index in [4.69, 9.17) is 116 Å². The molecule has 7 aromatic rings. The summed E-state index contributed by atoms with van der Waals surface area (Å²) >= 11 is 0. The van der Waals surface area contributed by atoms with Crippen LogP contribution in [0.5, 0.6) is 51.7 Å². The molecule has 6 atom stereocenters. The summed E-state index contributed by atoms with van der Waals surface area (Å²) in [6.45, 7) is 31.1. The quantitative estimate of drug-likeness (QED) is 0.0274. The van der Waals surface area contributed by atoms with Gasteiger partial charge in [0.05, 0.1) is 85.9 Å². The van der Waals surface area contributed by atoms with Crippen molar-refractivity contribution in [3.63, 3.8) is 0 Å². The molecule has 6 unspecified atom stereocenters. The van der Waals surface area contributed by atoms with Gasteiger partial charge in [-0.15, -0.1) is 0 Å². The molecule has 0 aromatic heterocycles. The van der Waals surface area contributed by atoms with Gasteiger partial charge in [0.1, 0.15) is 74.1 Å². The molecule has 784 valence electrons. The molecule has 1 amide bonds. The number of nitrogens with one attached hydrogen (secondary N) is 1. The molecule has 28 nitrogen and oxygen atoms in total. The normalized spacial score (nSPS) is 19.4. The van der Waals surface area contributed by atoms with Crippen LogP contribution in [0.15, 0.2) is 158 Å². The van der Waals surface area contributed by atoms with E-state index < -0.39 is 87.0 Å². The van der Waals surface area contributed by atoms with Gasteiger partial charge in [-0.3, -0.25) is 0 Å². The molecule has 37 heteroatoms. The lowest BCUT2D eigenvalue weighted by Gasteiger charge is -2.52. The van der Waals surface area contributed by atoms with Crippen molar-refractivity contribution in [2.75, 3.05) is 132 Å². The molecule has 4 bridgehead atoms. The Bertz CT molecular complexity index is 4380. The van der Waals surface area contributed by atoms with Crippen LogP contribution in [0.1, 0.15) is 200 Å². The standard InChI is InChI=1S/C104H165NO27Si9/c1-13-16-19-22-25-28-31-36-66-112-95-52-40-89(41-53-95)92-46-58-98(59-47-92)115-79-74-107-65-35-34-39-69-120-103-101(118-82-77-110-72-70-108-75-80-116-99-60-48-93(49-61-99)90-42-54-96(55-43-90)113-67-37-32-29-26-23-20-17-14-2)85-88(86-102(103)119-83-78-111-73-71-109-76-81-117-100-62-50-94(51-63-100)91-44-56-97(57-45-91)114-68-38-33-30-27-24-21-18-15-3)87-121-104(106)105-64-84-133-122-141-126-135(5)124-137(8,9)128-140(12,132-141)130-139(11)127-136(6,7)123-134(4)125-138(10,129-139)131-141/h40-63,85-86,134-135H,13-39,64-84,87,133H2,1-12H3,(H,105,106). The van der Waals surface area contributed by atoms with Crippen LogP contribution < -0.4 is 47.9 Å². The lowest BCUT2D eigenvalue weighted by Crippen LogP contribution is -2.77. The summed E-state index contributed by atoms with van der Waals surface area (Å²) in [6.07, 6.45) is 32.1. The average molecular weight is 2110 g/mol. The zero-order valence-corrected chi connectivity index (χ0v) is 96.3. The lowest BCUT2D eigenvalue weighted by molar-refractivity contribution is 0.0260. The molecule has 0 spiro atoms. The molecule has 0 saturated carbocycles. The molecule has 1 N–H and O–H groups in total. The van der Waals surface area contributed by atoms with Crippen LogP contribution in [0, 0.1) is 0 Å². The first-order valence-corrected chi connectivity index (χ1v) is 72.0. The molecule has 10 rings (SSSR count). The largest absolute Gasteiger partial charge is 0.644 e. The highest BCUT2D eigenvalue weighted by atomic mass is 28.6. The van der Waals surface area contributed by atoms with E-state index >= 15 is 0 Å². The topological polar surface area (TPSA) is 269 Å². The molecule has 7 aromatic carbocycles. The first-order chi connectivity index (χ1) is 68.5. The number of fused-ring (bicyclic) bond motifs is 4. The molecule has 0 aliphatic carbocycles. The van der Waals surface area contributed by atoms with Crippen LogP contribution in [-0.4, -0.2) is 219 Å². The maximum absolute atomic E-state index is 13.8. The zero-order valence-electron chi connectivity index (χ0n) is 86.5. The minimum atomic E-state index is -4.22. The van der Waals surface area contributed by atoms with Crippen molar-refractivity contribution in [3.05, 3.63) is 163 Å². The highest BCUT2D eigenvalue weighted by molar-refractivity contribution is 6.95. The Kier molecular flexibility index (Phi) is 53.7. The van der Waals surface area contributed by atoms with E-state index in [1.54, 1.807) is 31.8 Å². The van der Waals surface area contributed by atoms with E-state index in [2.05, 4.69) is 111 Å². The van der Waals surface area contributed by atoms with Crippen LogP contribution in [0.2, 0.25) is 65.0 Å². The van der Waals surface area contributed by atoms with Crippen LogP contribution >= 0.6 is 0 Å². The Balaban J connectivity index is 0.719. The number of unbranched alkanes of at least 4 members (excludes halogenated alkanes) is 23. The third kappa shape index (κ3) is 46.1. The summed E-state index contributed by atoms with van der Waals surface area (Å²) in [7, 11) is -27.6. The number of benzene rings is 7. The summed E-state index contributed by atoms with van der Waals surface area (Å²) < 4.78 is 166. The van der Waals surface area contributed by atoms with Gasteiger partial charge in [-0.1, -0.05) is 228 Å². The van der Waals surface area contributed by atoms with Crippen molar-refractivity contribution < 1.29 is 121 Å². The second kappa shape index (κ2) is 65.1. The summed E-state index contributed by atoms with van der Waals surface area (Å²) in [4.78, 5) is 13.8. The highest BCUT2D eigenvalue weighted by Crippen LogP contribution is 2.43. The van der Waals surface area contributed by atoms with Gasteiger partial charge < -0.3 is 122 Å². The average Bonchev–Trinajstić information content (AvgIpc) is 0.735. The Morgan fingerprint density at radius 1 is 0.298 bits per heavy atom. The second-order valence-corrected chi connectivity index (χ2v) is 62.0. The molecular formula is C104H165NO27Si9. The van der Waals surface area contributed by atoms with E-state index in [1.807, 2.05) is 99.9 Å². The first kappa shape index (κ1) is 116. The van der Waals surface area contributed by atoms with Gasteiger partial charge in [0.15, 0.2) is 21.3 Å². The van der Waals surface area contributed by atoms with E-state index in [9.17, 15) is 4.79 Å². The number of carbonyl (C=O) groups excluding carboxylic acids is 1. The second-order valence-electron chi connectivity index (χ2n) is 37.1. The molecule has 3 fully saturated rings. The smallest absolute Gasteiger partial charge is 0.494 e. The number of carbonyl (C=O) groups is 1. The number of ether oxygens (including phenoxy) is 15. The summed E-state index contributed by atoms with van der Waals surface area (Å²) in [6, 6.07) is 53.2. The van der Waals surface area contributed by atoms with E-state index in [1.165, 1.54) is 135 Å². The fourth-order valence-corrected chi connectivity index (χ4v) is 57.0. The maximum atomic E-state index is 13.8. The molecule has 3 saturated heterocycles. The van der Waals surface area contributed by atoms with Crippen LogP contribution in [0.25, 0.3) is 33.4 Å². The monoisotopic (exact) mass is 2110 g/mol. The third-order valence-corrected chi connectivity index (χ3v) is 56.8. The molecule has 141 heavy (non-hydrogen) atoms. The molecule has 3 heterocycles. The summed E-state index contributed by atoms with van der Waals surface area (Å²) in [5.74, 6) is 6.07. The predicted octanol–water partition coefficient (Wildman–Crippen LogP) is 23.1. The number of alkyl carbamates (subject to hydrolysis) is 1. The van der Waals surface area contributed by atoms with E-state index in [0.717, 1.165) is 120 Å². The van der Waals surface area contributed by atoms with Gasteiger partial charge in [0, 0.05) is 32.8 Å². The van der Waals surface area contributed by atoms with Crippen molar-refractivity contribution in [2.24, 2.45) is 0 Å². The van der Waals surface area contributed by atoms with Gasteiger partial charge in [-0.2, -0.15) is 0 Å². The predicted molar refractivity (Wildman–Crippen MR) is 572 cm³/mol. The molecule has 3 aliphatic rings. The van der Waals surface area contributed by atoms with Gasteiger partial charge in [-0.25, -0.2) is 4.79 Å². The van der Waals surface area contributed by atoms with Crippen molar-refractivity contribution in [2.45, 2.75) is 266 Å². The molecule has 0 radical (unpaired) electrons. The van der Waals surface area contributed by atoms with Crippen LogP contribution in [-0.2, 0) is 80.3 Å². The first-order valence-electron chi connectivity index (χ1n) is 52.3. The maximum Gasteiger partial charge on any atom is 0.644 e. The minimum Gasteiger partial charge on any atom is -0.494 e. The van der Waals surface area contributed by atoms with Crippen LogP contribution in [0.4, 0.5) is 4.79 Å². The van der Waals surface area contributed by atoms with Gasteiger partial charge in [0.25, 0.3) is 0 Å². The van der Waals surface area contributed by atoms with Crippen molar-refractivity contribution >= 4 is 87.0 Å². The van der Waals surface area contributed by atoms with Crippen molar-refractivity contribution in [1.82, 2.24) is 5.32 Å². The van der Waals surface area contributed by atoms with Gasteiger partial charge >= 0.3 is 77.2 Å². The van der Waals surface area contributed by atoms with Gasteiger partial charge in [-0.05, 0) is 208 Å². The number of amides is 1. The molecule has 3 aliphatic heterocycles. The Morgan fingerprint density at radius 3 is 0.936 bits per heavy atom. The fraction of sp³-hybridized carbons (Fsp3) is 0.587. The van der Waals surface area contributed by atoms with Crippen molar-refractivity contribution in [1.29, 1.82) is 0 Å². The van der Waals surface area contributed by atoms with Gasteiger partial charge in [0.2, 0.25) is 5.75 Å². The Labute approximate surface area is 854 Å². The highest BCUT2D eigenvalue weighted by Gasteiger charge is 2.70. The van der Waals surface area contributed by atoms with Crippen LogP contribution in [0.3, 0.4) is 0 Å². The zero-order chi connectivity index (χ0) is 99.8.